The average molecular weight is 1590 g/mol. The molecule has 21 aromatic rings. The van der Waals surface area contributed by atoms with Gasteiger partial charge in [0.15, 0.2) is 24.8 Å². The molecule has 596 valence electrons. The van der Waals surface area contributed by atoms with Gasteiger partial charge in [-0.05, 0) is 243 Å². The molecule has 0 bridgehead atoms. The Hall–Kier alpha value is -13.0. The Balaban J connectivity index is 0.000000107. The number of aromatic nitrogens is 4. The Labute approximate surface area is 715 Å². The summed E-state index contributed by atoms with van der Waals surface area (Å²) in [6.45, 7) is 12.3. The van der Waals surface area contributed by atoms with Crippen LogP contribution in [0.1, 0.15) is 119 Å². The number of rotatable bonds is 10. The minimum absolute atomic E-state index is 0.0940. The number of benzene rings is 13. The highest BCUT2D eigenvalue weighted by Gasteiger charge is 2.27. The van der Waals surface area contributed by atoms with Gasteiger partial charge in [0.05, 0.1) is 10.9 Å². The van der Waals surface area contributed by atoms with Crippen LogP contribution in [0.2, 0.25) is 0 Å². The lowest BCUT2D eigenvalue weighted by atomic mass is 9.85. The fraction of sp³-hybridized carbons (Fsp3) is 0.221. The molecule has 2 aliphatic carbocycles. The summed E-state index contributed by atoms with van der Waals surface area (Å²) in [7, 11) is 8.19. The van der Waals surface area contributed by atoms with Gasteiger partial charge < -0.3 is 17.7 Å². The quantitative estimate of drug-likeness (QED) is 0.128. The number of nitrogens with zero attached hydrogens (tertiary/aromatic N) is 4. The van der Waals surface area contributed by atoms with Crippen LogP contribution >= 0.6 is 0 Å². The summed E-state index contributed by atoms with van der Waals surface area (Å²) in [4.78, 5) is 0. The van der Waals surface area contributed by atoms with Crippen LogP contribution in [0.25, 0.3) is 187 Å². The van der Waals surface area contributed by atoms with Crippen LogP contribution in [-0.2, 0) is 47.3 Å². The molecule has 2 aliphatic rings. The van der Waals surface area contributed by atoms with Crippen molar-refractivity contribution < 1.29 is 44.2 Å². The van der Waals surface area contributed by atoms with E-state index in [2.05, 4.69) is 290 Å². The zero-order chi connectivity index (χ0) is 87.6. The molecule has 0 radical (unpaired) electrons. The van der Waals surface area contributed by atoms with E-state index in [9.17, 15) is 0 Å². The van der Waals surface area contributed by atoms with Crippen molar-refractivity contribution in [2.24, 2.45) is 45.9 Å². The maximum Gasteiger partial charge on any atom is 0.224 e. The zero-order valence-corrected chi connectivity index (χ0v) is 70.7. The molecule has 8 aromatic heterocycles. The van der Waals surface area contributed by atoms with Crippen molar-refractivity contribution in [1.82, 2.24) is 0 Å². The lowest BCUT2D eigenvalue weighted by molar-refractivity contribution is -0.660. The molecule has 0 unspecified atom stereocenters. The molecule has 13 aromatic carbocycles. The van der Waals surface area contributed by atoms with Crippen LogP contribution in [0.4, 0.5) is 0 Å². The van der Waals surface area contributed by atoms with Crippen molar-refractivity contribution in [1.29, 1.82) is 0 Å². The van der Waals surface area contributed by atoms with Crippen LogP contribution in [-0.4, -0.2) is 0 Å². The highest BCUT2D eigenvalue weighted by molar-refractivity contribution is 6.17. The predicted octanol–water partition coefficient (Wildman–Crippen LogP) is 28.4. The van der Waals surface area contributed by atoms with Gasteiger partial charge >= 0.3 is 0 Å². The van der Waals surface area contributed by atoms with Crippen LogP contribution in [0, 0.1) is 45.4 Å². The number of hydrogen-bond donors (Lipinski definition) is 0. The van der Waals surface area contributed by atoms with Crippen LogP contribution in [0.3, 0.4) is 0 Å². The second-order valence-corrected chi connectivity index (χ2v) is 34.3. The van der Waals surface area contributed by atoms with E-state index < -0.39 is 19.1 Å². The molecule has 0 saturated heterocycles. The molecule has 0 atom stereocenters. The van der Waals surface area contributed by atoms with Gasteiger partial charge in [-0.25, -0.2) is 18.3 Å². The molecular formula is C113H104N4O4+4. The van der Waals surface area contributed by atoms with Crippen molar-refractivity contribution in [2.45, 2.75) is 118 Å². The molecule has 23 rings (SSSR count). The second-order valence-electron chi connectivity index (χ2n) is 34.3. The van der Waals surface area contributed by atoms with E-state index in [0.29, 0.717) is 5.56 Å². The van der Waals surface area contributed by atoms with Crippen molar-refractivity contribution in [3.8, 4) is 45.0 Å². The van der Waals surface area contributed by atoms with Crippen LogP contribution in [0.15, 0.2) is 303 Å². The van der Waals surface area contributed by atoms with Gasteiger partial charge in [0.2, 0.25) is 22.8 Å². The van der Waals surface area contributed by atoms with Gasteiger partial charge in [-0.2, -0.15) is 0 Å². The van der Waals surface area contributed by atoms with Gasteiger partial charge in [0.25, 0.3) is 0 Å². The third-order valence-electron chi connectivity index (χ3n) is 25.5. The second kappa shape index (κ2) is 31.9. The lowest BCUT2D eigenvalue weighted by Crippen LogP contribution is -2.31. The summed E-state index contributed by atoms with van der Waals surface area (Å²) in [6, 6.07) is 90.9. The first-order valence-corrected chi connectivity index (χ1v) is 43.1. The van der Waals surface area contributed by atoms with Gasteiger partial charge in [-0.15, -0.1) is 0 Å². The van der Waals surface area contributed by atoms with E-state index in [0.717, 1.165) is 190 Å². The molecule has 121 heavy (non-hydrogen) atoms. The summed E-state index contributed by atoms with van der Waals surface area (Å²) in [5, 5.41) is 21.0. The van der Waals surface area contributed by atoms with Crippen LogP contribution < -0.4 is 18.3 Å². The van der Waals surface area contributed by atoms with E-state index in [4.69, 9.17) is 25.9 Å². The van der Waals surface area contributed by atoms with Gasteiger partial charge in [0.1, 0.15) is 72.9 Å². The standard InChI is InChI=1S/C30H30NO.C29H28NO.C27H20NO.C27H26NO/c1-20-14-29-27(26-17-23-10-6-7-11-24(23)18-30(26)32-29)19-25(20)28-16-22(12-13-31(28)2)15-21-8-4-3-5-9-21;1-19-13-28-26(25-16-22-9-5-6-10-23(22)17-29(25)31-28)18-24(19)27-15-21(11-12-30(27)2)14-20-7-3-4-8-20;1-17-11-12-22-23-15-19-8-3-4-9-20(19)16-24(23)29-27(22)25(17)26-21-10-6-5-7-18(21)13-14-28(26)2;1-17(2)11-19-9-10-28(4)25(13-19)22-16-24-23-14-20-7-5-6-8-21(20)15-27(23)29-26(24)12-18(22)3/h6-7,10-14,16-19,21H,3-5,8-9,15H2,1-2H3;5-6,9-13,15-18,20H,3-4,7-8,14H2,1-2H3;3-16H,1-2H3;5-10,12-17H,11H2,1-4H3/q4*+1/i15D2;14D2;;11D2. The fourth-order valence-corrected chi connectivity index (χ4v) is 19.1. The molecule has 0 spiro atoms. The number of furan rings is 4. The molecule has 8 heteroatoms. The van der Waals surface area contributed by atoms with Crippen molar-refractivity contribution in [3.63, 3.8) is 0 Å². The van der Waals surface area contributed by atoms with E-state index in [1.807, 2.05) is 83.9 Å². The van der Waals surface area contributed by atoms with Gasteiger partial charge in [0, 0.05) is 110 Å². The van der Waals surface area contributed by atoms with E-state index in [1.165, 1.54) is 87.9 Å². The number of hydrogen-bond acceptors (Lipinski definition) is 4. The van der Waals surface area contributed by atoms with Crippen molar-refractivity contribution in [2.75, 3.05) is 0 Å². The van der Waals surface area contributed by atoms with Gasteiger partial charge in [-0.3, -0.25) is 0 Å². The fourth-order valence-electron chi connectivity index (χ4n) is 19.1. The summed E-state index contributed by atoms with van der Waals surface area (Å²) in [6.07, 6.45) is 13.8. The van der Waals surface area contributed by atoms with E-state index in [1.54, 1.807) is 0 Å². The maximum absolute atomic E-state index is 8.98. The third-order valence-corrected chi connectivity index (χ3v) is 25.5. The molecule has 0 N–H and O–H groups in total. The number of pyridine rings is 4. The highest BCUT2D eigenvalue weighted by atomic mass is 16.3. The summed E-state index contributed by atoms with van der Waals surface area (Å²) in [5.41, 5.74) is 22.8. The maximum atomic E-state index is 8.98. The summed E-state index contributed by atoms with van der Waals surface area (Å²) >= 11 is 0. The highest BCUT2D eigenvalue weighted by Crippen LogP contribution is 2.44. The Morgan fingerprint density at radius 1 is 0.298 bits per heavy atom. The monoisotopic (exact) mass is 1590 g/mol. The SMILES string of the molecule is Cc1ccc2c(oc3cc4ccccc4cc32)c1-c1c2ccccc2cc[n+]1C.[2H]C([2H])(c1cc[n+](C)c(-c2cc3c(cc2C)oc2cc4ccccc4cc23)c1)C(C)C.[2H]C([2H])(c1cc[n+](C)c(-c2cc3c(cc2C)oc2cc4ccccc4cc23)c1)C1CCCC1.[2H]C([2H])(c1cc[n+](C)c(-c2cc3c(cc2C)oc2cc4ccccc4cc23)c1)C1CCCCC1. The third kappa shape index (κ3) is 14.8. The smallest absolute Gasteiger partial charge is 0.224 e. The van der Waals surface area contributed by atoms with Crippen LogP contribution in [0.5, 0.6) is 0 Å². The zero-order valence-electron chi connectivity index (χ0n) is 76.7. The lowest BCUT2D eigenvalue weighted by Gasteiger charge is -2.21. The molecule has 0 aliphatic heterocycles. The minimum Gasteiger partial charge on any atom is -0.456 e. The predicted molar refractivity (Wildman–Crippen MR) is 502 cm³/mol. The van der Waals surface area contributed by atoms with Crippen molar-refractivity contribution in [3.05, 3.63) is 325 Å². The summed E-state index contributed by atoms with van der Waals surface area (Å²) in [5.74, 6) is 0.0898. The molecule has 8 nitrogen and oxygen atoms in total. The number of fused-ring (bicyclic) bond motifs is 17. The average Bonchev–Trinajstić information content (AvgIpc) is 1.58. The summed E-state index contributed by atoms with van der Waals surface area (Å²) < 4.78 is 86.5. The minimum atomic E-state index is -1.39. The Morgan fingerprint density at radius 3 is 1.02 bits per heavy atom. The topological polar surface area (TPSA) is 68.1 Å². The largest absolute Gasteiger partial charge is 0.456 e. The molecule has 2 fully saturated rings. The van der Waals surface area contributed by atoms with E-state index >= 15 is 0 Å². The Kier molecular flexibility index (Phi) is 18.4. The first kappa shape index (κ1) is 69.9. The molecule has 8 heterocycles. The van der Waals surface area contributed by atoms with Gasteiger partial charge in [-0.1, -0.05) is 199 Å². The first-order valence-electron chi connectivity index (χ1n) is 46.1. The Bertz CT molecular complexity index is 7970. The van der Waals surface area contributed by atoms with E-state index in [-0.39, 0.29) is 17.8 Å². The number of aryl methyl sites for hydroxylation is 8. The Morgan fingerprint density at radius 2 is 0.620 bits per heavy atom. The first-order chi connectivity index (χ1) is 61.3. The molecule has 2 saturated carbocycles. The molecular weight excluding hydrogens is 1480 g/mol. The van der Waals surface area contributed by atoms with Crippen molar-refractivity contribution >= 4 is 142 Å². The molecule has 0 amide bonds. The normalized spacial score (nSPS) is 14.6.